The highest BCUT2D eigenvalue weighted by atomic mass is 32.1. The molecule has 0 saturated carbocycles. The second-order valence-corrected chi connectivity index (χ2v) is 5.77. The van der Waals surface area contributed by atoms with Crippen LogP contribution in [0.1, 0.15) is 11.1 Å². The molecule has 0 radical (unpaired) electrons. The van der Waals surface area contributed by atoms with E-state index in [2.05, 4.69) is 45.0 Å². The maximum Gasteiger partial charge on any atom is 0.0998 e. The van der Waals surface area contributed by atoms with E-state index in [1.54, 1.807) is 11.3 Å². The lowest BCUT2D eigenvalue weighted by Gasteiger charge is -2.07. The van der Waals surface area contributed by atoms with Gasteiger partial charge in [-0.2, -0.15) is 16.6 Å². The number of nitrogens with one attached hydrogen (secondary N) is 1. The average Bonchev–Trinajstić information content (AvgIpc) is 3.16. The normalized spacial score (nSPS) is 10.8. The van der Waals surface area contributed by atoms with Crippen LogP contribution in [0.5, 0.6) is 0 Å². The van der Waals surface area contributed by atoms with Crippen molar-refractivity contribution in [2.24, 2.45) is 0 Å². The van der Waals surface area contributed by atoms with Gasteiger partial charge in [-0.3, -0.25) is 0 Å². The van der Waals surface area contributed by atoms with Crippen LogP contribution in [0.25, 0.3) is 10.9 Å². The number of thiophene rings is 1. The van der Waals surface area contributed by atoms with Crippen molar-refractivity contribution in [1.82, 2.24) is 9.88 Å². The summed E-state index contributed by atoms with van der Waals surface area (Å²) in [4.78, 5) is 0. The molecule has 0 saturated heterocycles. The highest BCUT2D eigenvalue weighted by Crippen LogP contribution is 2.19. The van der Waals surface area contributed by atoms with E-state index in [4.69, 9.17) is 5.26 Å². The Balaban J connectivity index is 1.55. The minimum absolute atomic E-state index is 0.747. The molecule has 2 aromatic heterocycles. The second kappa shape index (κ2) is 6.57. The number of aromatic nitrogens is 1. The lowest BCUT2D eigenvalue weighted by Crippen LogP contribution is -2.22. The highest BCUT2D eigenvalue weighted by molar-refractivity contribution is 7.07. The molecule has 0 amide bonds. The molecular weight excluding hydrogens is 278 g/mol. The Morgan fingerprint density at radius 3 is 2.95 bits per heavy atom. The monoisotopic (exact) mass is 295 g/mol. The van der Waals surface area contributed by atoms with Crippen LogP contribution < -0.4 is 5.32 Å². The molecule has 3 aromatic rings. The Morgan fingerprint density at radius 1 is 1.19 bits per heavy atom. The highest BCUT2D eigenvalue weighted by Gasteiger charge is 2.04. The third-order valence-corrected chi connectivity index (χ3v) is 4.37. The first-order chi connectivity index (χ1) is 10.4. The number of hydrogen-bond acceptors (Lipinski definition) is 3. The SMILES string of the molecule is N#Cc1cccc2c1ccn2CCNCCc1ccsc1. The summed E-state index contributed by atoms with van der Waals surface area (Å²) >= 11 is 1.75. The van der Waals surface area contributed by atoms with Crippen molar-refractivity contribution in [3.8, 4) is 6.07 Å². The van der Waals surface area contributed by atoms with Crippen LogP contribution >= 0.6 is 11.3 Å². The van der Waals surface area contributed by atoms with Gasteiger partial charge in [0.15, 0.2) is 0 Å². The van der Waals surface area contributed by atoms with E-state index in [1.165, 1.54) is 5.56 Å². The standard InChI is InChI=1S/C17H17N3S/c18-12-15-2-1-3-17-16(15)5-9-20(17)10-8-19-7-4-14-6-11-21-13-14/h1-3,5-6,9,11,13,19H,4,7-8,10H2. The minimum Gasteiger partial charge on any atom is -0.346 e. The lowest BCUT2D eigenvalue weighted by atomic mass is 10.1. The van der Waals surface area contributed by atoms with Crippen molar-refractivity contribution >= 4 is 22.2 Å². The van der Waals surface area contributed by atoms with Crippen LogP contribution in [-0.4, -0.2) is 17.7 Å². The van der Waals surface area contributed by atoms with Gasteiger partial charge in [-0.15, -0.1) is 0 Å². The van der Waals surface area contributed by atoms with Crippen molar-refractivity contribution < 1.29 is 0 Å². The van der Waals surface area contributed by atoms with E-state index in [9.17, 15) is 0 Å². The molecule has 106 valence electrons. The van der Waals surface area contributed by atoms with Crippen LogP contribution in [0.4, 0.5) is 0 Å². The Bertz CT molecular complexity index is 750. The van der Waals surface area contributed by atoms with E-state index in [-0.39, 0.29) is 0 Å². The van der Waals surface area contributed by atoms with Crippen LogP contribution in [0.3, 0.4) is 0 Å². The number of benzene rings is 1. The van der Waals surface area contributed by atoms with Gasteiger partial charge in [-0.05, 0) is 53.6 Å². The molecule has 0 fully saturated rings. The first-order valence-electron chi connectivity index (χ1n) is 7.08. The largest absolute Gasteiger partial charge is 0.346 e. The molecule has 0 unspecified atom stereocenters. The first kappa shape index (κ1) is 13.9. The number of nitrogens with zero attached hydrogens (tertiary/aromatic N) is 2. The Morgan fingerprint density at radius 2 is 2.14 bits per heavy atom. The van der Waals surface area contributed by atoms with E-state index in [0.717, 1.165) is 42.5 Å². The lowest BCUT2D eigenvalue weighted by molar-refractivity contribution is 0.610. The van der Waals surface area contributed by atoms with E-state index >= 15 is 0 Å². The summed E-state index contributed by atoms with van der Waals surface area (Å²) in [6, 6.07) is 12.3. The van der Waals surface area contributed by atoms with Crippen molar-refractivity contribution in [3.05, 3.63) is 58.4 Å². The summed E-state index contributed by atoms with van der Waals surface area (Å²) in [5, 5.41) is 17.9. The van der Waals surface area contributed by atoms with Crippen LogP contribution in [0, 0.1) is 11.3 Å². The minimum atomic E-state index is 0.747. The Hall–Kier alpha value is -2.09. The summed E-state index contributed by atoms with van der Waals surface area (Å²) in [7, 11) is 0. The smallest absolute Gasteiger partial charge is 0.0998 e. The number of fused-ring (bicyclic) bond motifs is 1. The molecule has 21 heavy (non-hydrogen) atoms. The number of rotatable bonds is 6. The summed E-state index contributed by atoms with van der Waals surface area (Å²) in [6.07, 6.45) is 3.14. The first-order valence-corrected chi connectivity index (χ1v) is 8.02. The third kappa shape index (κ3) is 3.15. The molecule has 0 aliphatic rings. The predicted molar refractivity (Wildman–Crippen MR) is 87.5 cm³/mol. The summed E-state index contributed by atoms with van der Waals surface area (Å²) in [6.45, 7) is 2.85. The zero-order valence-electron chi connectivity index (χ0n) is 11.7. The van der Waals surface area contributed by atoms with Crippen LogP contribution in [0.2, 0.25) is 0 Å². The zero-order chi connectivity index (χ0) is 14.5. The van der Waals surface area contributed by atoms with Crippen molar-refractivity contribution in [2.75, 3.05) is 13.1 Å². The van der Waals surface area contributed by atoms with Crippen molar-refractivity contribution in [2.45, 2.75) is 13.0 Å². The fraction of sp³-hybridized carbons (Fsp3) is 0.235. The van der Waals surface area contributed by atoms with Gasteiger partial charge >= 0.3 is 0 Å². The third-order valence-electron chi connectivity index (χ3n) is 3.63. The molecule has 1 N–H and O–H groups in total. The average molecular weight is 295 g/mol. The van der Waals surface area contributed by atoms with E-state index in [0.29, 0.717) is 0 Å². The van der Waals surface area contributed by atoms with Gasteiger partial charge in [0.25, 0.3) is 0 Å². The van der Waals surface area contributed by atoms with Gasteiger partial charge in [0.05, 0.1) is 11.6 Å². The van der Waals surface area contributed by atoms with Crippen molar-refractivity contribution in [1.29, 1.82) is 5.26 Å². The predicted octanol–water partition coefficient (Wildman–Crippen LogP) is 3.41. The molecule has 4 heteroatoms. The van der Waals surface area contributed by atoms with Gasteiger partial charge < -0.3 is 9.88 Å². The number of hydrogen-bond donors (Lipinski definition) is 1. The van der Waals surface area contributed by atoms with E-state index in [1.807, 2.05) is 18.2 Å². The maximum absolute atomic E-state index is 9.11. The van der Waals surface area contributed by atoms with Gasteiger partial charge in [-0.1, -0.05) is 6.07 Å². The molecule has 0 spiro atoms. The topological polar surface area (TPSA) is 40.8 Å². The van der Waals surface area contributed by atoms with Crippen LogP contribution in [-0.2, 0) is 13.0 Å². The van der Waals surface area contributed by atoms with E-state index < -0.39 is 0 Å². The molecule has 1 aromatic carbocycles. The van der Waals surface area contributed by atoms with Gasteiger partial charge in [0.2, 0.25) is 0 Å². The molecule has 3 nitrogen and oxygen atoms in total. The summed E-state index contributed by atoms with van der Waals surface area (Å²) in [5.74, 6) is 0. The van der Waals surface area contributed by atoms with Gasteiger partial charge in [-0.25, -0.2) is 0 Å². The zero-order valence-corrected chi connectivity index (χ0v) is 12.6. The molecule has 2 heterocycles. The number of nitriles is 1. The molecular formula is C17H17N3S. The molecule has 3 rings (SSSR count). The summed E-state index contributed by atoms with van der Waals surface area (Å²) in [5.41, 5.74) is 3.28. The fourth-order valence-electron chi connectivity index (χ4n) is 2.51. The fourth-order valence-corrected chi connectivity index (χ4v) is 3.21. The quantitative estimate of drug-likeness (QED) is 0.708. The maximum atomic E-state index is 9.11. The molecule has 0 bridgehead atoms. The van der Waals surface area contributed by atoms with Gasteiger partial charge in [0, 0.05) is 30.2 Å². The Labute approximate surface area is 128 Å². The molecule has 0 aliphatic heterocycles. The molecule has 0 aliphatic carbocycles. The Kier molecular flexibility index (Phi) is 4.34. The summed E-state index contributed by atoms with van der Waals surface area (Å²) < 4.78 is 2.20. The second-order valence-electron chi connectivity index (χ2n) is 4.99. The molecule has 0 atom stereocenters. The van der Waals surface area contributed by atoms with Gasteiger partial charge in [0.1, 0.15) is 0 Å². The van der Waals surface area contributed by atoms with Crippen molar-refractivity contribution in [3.63, 3.8) is 0 Å². The van der Waals surface area contributed by atoms with Crippen LogP contribution in [0.15, 0.2) is 47.3 Å².